The molecule has 312 valence electrons. The molecule has 3 aliphatic rings. The number of likely N-dealkylation sites (tertiary alicyclic amines) is 1. The monoisotopic (exact) mass is 768 g/mol. The molecule has 51 heavy (non-hydrogen) atoms. The molecule has 1 aliphatic heterocycles. The first-order valence-corrected chi connectivity index (χ1v) is 14.8. The summed E-state index contributed by atoms with van der Waals surface area (Å²) < 4.78 is 119. The van der Waals surface area contributed by atoms with E-state index in [1.807, 2.05) is 13.8 Å². The number of nitrogens with zero attached hydrogens (tertiary/aromatic N) is 1. The highest BCUT2D eigenvalue weighted by Gasteiger charge is 2.71. The molecule has 0 aromatic carbocycles. The minimum atomic E-state index is -5.69. The molecule has 3 fully saturated rings. The summed E-state index contributed by atoms with van der Waals surface area (Å²) in [5.74, 6) is -1.81. The molecule has 0 aromatic rings. The van der Waals surface area contributed by atoms with Crippen LogP contribution in [0.15, 0.2) is 0 Å². The molecule has 1 saturated heterocycles. The number of rotatable bonds is 4. The van der Waals surface area contributed by atoms with Gasteiger partial charge in [0.05, 0.1) is 0 Å². The molecular formula is C36H70F9NO5. The molecule has 2 bridgehead atoms. The van der Waals surface area contributed by atoms with Gasteiger partial charge in [-0.05, 0) is 83.0 Å². The van der Waals surface area contributed by atoms with Crippen molar-refractivity contribution in [3.8, 4) is 0 Å². The van der Waals surface area contributed by atoms with Crippen molar-refractivity contribution in [3.63, 3.8) is 0 Å². The van der Waals surface area contributed by atoms with Crippen LogP contribution in [0.4, 0.5) is 39.5 Å². The minimum Gasteiger partial charge on any atom is -0.459 e. The van der Waals surface area contributed by atoms with Crippen LogP contribution in [-0.4, -0.2) is 64.6 Å². The number of esters is 1. The molecule has 0 spiro atoms. The number of amides is 2. The first kappa shape index (κ1) is 61.0. The third kappa shape index (κ3) is 13.1. The zero-order chi connectivity index (χ0) is 35.9. The Hall–Kier alpha value is -2.06. The van der Waals surface area contributed by atoms with Crippen LogP contribution in [0.2, 0.25) is 0 Å². The number of hydrogen-bond donors (Lipinski definition) is 1. The molecule has 2 aliphatic carbocycles. The summed E-state index contributed by atoms with van der Waals surface area (Å²) >= 11 is 0. The molecule has 0 radical (unpaired) electrons. The molecule has 3 rings (SSSR count). The highest BCUT2D eigenvalue weighted by molar-refractivity contribution is 6.04. The van der Waals surface area contributed by atoms with E-state index in [-0.39, 0.29) is 92.4 Å². The second-order valence-corrected chi connectivity index (χ2v) is 13.9. The maximum atomic E-state index is 12.7. The number of fused-ring (bicyclic) bond motifs is 2. The zero-order valence-corrected chi connectivity index (χ0v) is 27.3. The third-order valence-corrected chi connectivity index (χ3v) is 9.90. The molecule has 0 aromatic heterocycles. The lowest BCUT2D eigenvalue weighted by atomic mass is 9.72. The normalized spacial score (nSPS) is 26.7. The van der Waals surface area contributed by atoms with Crippen LogP contribution < -0.4 is 0 Å². The molecule has 8 atom stereocenters. The largest absolute Gasteiger partial charge is 0.459 e. The summed E-state index contributed by atoms with van der Waals surface area (Å²) in [4.78, 5) is 34.7. The number of alkyl halides is 9. The molecule has 15 heteroatoms. The van der Waals surface area contributed by atoms with Crippen molar-refractivity contribution in [1.29, 1.82) is 0 Å². The second kappa shape index (κ2) is 20.4. The summed E-state index contributed by atoms with van der Waals surface area (Å²) in [5, 5.41) is 9.28. The van der Waals surface area contributed by atoms with Gasteiger partial charge < -0.3 is 9.84 Å². The van der Waals surface area contributed by atoms with Gasteiger partial charge in [-0.3, -0.25) is 19.3 Å². The quantitative estimate of drug-likeness (QED) is 0.175. The number of carbonyl (C=O) groups is 3. The molecule has 1 heterocycles. The second-order valence-electron chi connectivity index (χ2n) is 13.9. The summed E-state index contributed by atoms with van der Waals surface area (Å²) in [6.07, 6.45) is -16.5. The fourth-order valence-corrected chi connectivity index (χ4v) is 6.10. The lowest BCUT2D eigenvalue weighted by Crippen LogP contribution is -2.58. The number of aliphatic hydroxyl groups is 1. The van der Waals surface area contributed by atoms with Crippen LogP contribution in [0, 0.1) is 46.8 Å². The summed E-state index contributed by atoms with van der Waals surface area (Å²) in [6.45, 7) is 14.2. The van der Waals surface area contributed by atoms with E-state index in [0.717, 1.165) is 6.92 Å². The van der Waals surface area contributed by atoms with Crippen molar-refractivity contribution >= 4 is 17.8 Å². The number of halogens is 9. The van der Waals surface area contributed by atoms with Gasteiger partial charge >= 0.3 is 24.5 Å². The Bertz CT molecular complexity index is 1030. The minimum absolute atomic E-state index is 0. The van der Waals surface area contributed by atoms with Gasteiger partial charge in [-0.15, -0.1) is 0 Å². The Balaban J connectivity index is -0.000000147. The van der Waals surface area contributed by atoms with E-state index in [4.69, 9.17) is 4.74 Å². The van der Waals surface area contributed by atoms with Gasteiger partial charge in [0.25, 0.3) is 5.60 Å². The van der Waals surface area contributed by atoms with Gasteiger partial charge in [0.15, 0.2) is 5.41 Å². The predicted molar refractivity (Wildman–Crippen MR) is 186 cm³/mol. The lowest BCUT2D eigenvalue weighted by Gasteiger charge is -2.39. The Kier molecular flexibility index (Phi) is 24.4. The third-order valence-electron chi connectivity index (χ3n) is 9.90. The fourth-order valence-electron chi connectivity index (χ4n) is 6.10. The van der Waals surface area contributed by atoms with E-state index in [1.54, 1.807) is 13.8 Å². The molecule has 1 N–H and O–H groups in total. The fraction of sp³-hybridized carbons (Fsp3) is 0.917. The average molecular weight is 768 g/mol. The number of hydrogen-bond acceptors (Lipinski definition) is 5. The Morgan fingerprint density at radius 1 is 0.725 bits per heavy atom. The summed E-state index contributed by atoms with van der Waals surface area (Å²) in [7, 11) is 1.53. The van der Waals surface area contributed by atoms with Crippen LogP contribution >= 0.6 is 0 Å². The van der Waals surface area contributed by atoms with Gasteiger partial charge in [-0.2, -0.15) is 39.5 Å². The van der Waals surface area contributed by atoms with Crippen LogP contribution in [0.25, 0.3) is 0 Å². The summed E-state index contributed by atoms with van der Waals surface area (Å²) in [5.41, 5.74) is -7.91. The van der Waals surface area contributed by atoms with Gasteiger partial charge in [0.2, 0.25) is 11.8 Å². The van der Waals surface area contributed by atoms with Gasteiger partial charge in [-0.1, -0.05) is 79.2 Å². The Morgan fingerprint density at radius 2 is 1.10 bits per heavy atom. The Morgan fingerprint density at radius 3 is 1.31 bits per heavy atom. The standard InChI is InChI=1S/C13H18F6O.C10H17F3O2.C7H11NO2.6CH4/c1-6-7(2)10-4-8(6)3-9(10)5-11(20,12(14,15)16)13(17,18)19;1-6-9(5,10(11,12)13)7(14)15-8(2,3)4;1-4-5(2)7(10)8(3)6(4)9;;;;;;/h6-10,20H,3-5H2,1-2H3;6H2,1-5H3;4-5H,1-3H3;6*1H4. The predicted octanol–water partition coefficient (Wildman–Crippen LogP) is 11.5. The maximum Gasteiger partial charge on any atom is 0.426 e. The van der Waals surface area contributed by atoms with E-state index in [2.05, 4.69) is 0 Å². The van der Waals surface area contributed by atoms with Gasteiger partial charge in [-0.25, -0.2) is 0 Å². The lowest BCUT2D eigenvalue weighted by molar-refractivity contribution is -0.373. The molecule has 8 unspecified atom stereocenters. The maximum absolute atomic E-state index is 12.7. The Labute approximate surface area is 302 Å². The van der Waals surface area contributed by atoms with Crippen LogP contribution in [0.3, 0.4) is 0 Å². The van der Waals surface area contributed by atoms with Crippen molar-refractivity contribution < 1.29 is 63.7 Å². The van der Waals surface area contributed by atoms with E-state index >= 15 is 0 Å². The van der Waals surface area contributed by atoms with Gasteiger partial charge in [0.1, 0.15) is 5.60 Å². The van der Waals surface area contributed by atoms with Crippen molar-refractivity contribution in [2.24, 2.45) is 46.8 Å². The van der Waals surface area contributed by atoms with Crippen LogP contribution in [-0.2, 0) is 19.1 Å². The van der Waals surface area contributed by atoms with Gasteiger partial charge in [0, 0.05) is 18.9 Å². The van der Waals surface area contributed by atoms with Crippen molar-refractivity contribution in [2.45, 2.75) is 162 Å². The van der Waals surface area contributed by atoms with E-state index in [1.165, 1.54) is 39.6 Å². The van der Waals surface area contributed by atoms with Crippen LogP contribution in [0.5, 0.6) is 0 Å². The number of carbonyl (C=O) groups excluding carboxylic acids is 3. The van der Waals surface area contributed by atoms with Crippen LogP contribution in [0.1, 0.15) is 133 Å². The molecule has 2 saturated carbocycles. The number of imide groups is 1. The SMILES string of the molecule is C.C.C.C.C.C.CC1C(=O)N(C)C(=O)C1C.CC1C2CC(CC(O)(C(F)(F)F)C(F)(F)F)C(C2)C1C.CCC(C)(C(=O)OC(C)(C)C)C(F)(F)F. The molecule has 2 amide bonds. The highest BCUT2D eigenvalue weighted by atomic mass is 19.4. The van der Waals surface area contributed by atoms with Crippen molar-refractivity contribution in [2.75, 3.05) is 7.05 Å². The summed E-state index contributed by atoms with van der Waals surface area (Å²) in [6, 6.07) is 0. The topological polar surface area (TPSA) is 83.9 Å². The molecule has 6 nitrogen and oxygen atoms in total. The first-order valence-electron chi connectivity index (χ1n) is 14.8. The van der Waals surface area contributed by atoms with Crippen molar-refractivity contribution in [3.05, 3.63) is 0 Å². The van der Waals surface area contributed by atoms with E-state index < -0.39 is 53.5 Å². The zero-order valence-electron chi connectivity index (χ0n) is 27.3. The first-order chi connectivity index (χ1) is 19.9. The highest BCUT2D eigenvalue weighted by Crippen LogP contribution is 2.59. The van der Waals surface area contributed by atoms with Crippen molar-refractivity contribution in [1.82, 2.24) is 4.90 Å². The molecular weight excluding hydrogens is 697 g/mol. The average Bonchev–Trinajstić information content (AvgIpc) is 3.46. The van der Waals surface area contributed by atoms with E-state index in [9.17, 15) is 59.0 Å². The van der Waals surface area contributed by atoms with E-state index in [0.29, 0.717) is 18.8 Å². The number of ether oxygens (including phenoxy) is 1. The smallest absolute Gasteiger partial charge is 0.426 e.